The maximum Gasteiger partial charge on any atom is 0.0438 e. The van der Waals surface area contributed by atoms with Gasteiger partial charge in [0.1, 0.15) is 0 Å². The first-order chi connectivity index (χ1) is 8.79. The van der Waals surface area contributed by atoms with Gasteiger partial charge in [0.2, 0.25) is 0 Å². The van der Waals surface area contributed by atoms with E-state index in [1.165, 1.54) is 18.4 Å². The van der Waals surface area contributed by atoms with Crippen molar-refractivity contribution in [2.45, 2.75) is 58.9 Å². The van der Waals surface area contributed by atoms with Gasteiger partial charge in [-0.3, -0.25) is 0 Å². The lowest BCUT2D eigenvalue weighted by Crippen LogP contribution is -2.38. The van der Waals surface area contributed by atoms with E-state index in [-0.39, 0.29) is 6.04 Å². The highest BCUT2D eigenvalue weighted by molar-refractivity contribution is 6.31. The molecule has 0 saturated heterocycles. The molecule has 19 heavy (non-hydrogen) atoms. The Morgan fingerprint density at radius 1 is 1.21 bits per heavy atom. The highest BCUT2D eigenvalue weighted by atomic mass is 35.5. The molecule has 0 radical (unpaired) electrons. The Morgan fingerprint density at radius 3 is 2.47 bits per heavy atom. The molecule has 1 fully saturated rings. The van der Waals surface area contributed by atoms with Gasteiger partial charge in [-0.15, -0.1) is 0 Å². The van der Waals surface area contributed by atoms with Crippen molar-refractivity contribution in [3.63, 3.8) is 0 Å². The maximum absolute atomic E-state index is 6.36. The van der Waals surface area contributed by atoms with Crippen LogP contribution in [0.15, 0.2) is 18.2 Å². The SMILES string of the molecule is Cc1ccc(C2CC(C(C)(C)C)CCC2N)cc1Cl. The summed E-state index contributed by atoms with van der Waals surface area (Å²) in [5, 5.41) is 0.864. The summed E-state index contributed by atoms with van der Waals surface area (Å²) < 4.78 is 0. The molecule has 1 aliphatic rings. The molecule has 1 saturated carbocycles. The molecule has 0 amide bonds. The number of halogens is 1. The summed E-state index contributed by atoms with van der Waals surface area (Å²) in [5.74, 6) is 1.20. The smallest absolute Gasteiger partial charge is 0.0438 e. The summed E-state index contributed by atoms with van der Waals surface area (Å²) in [4.78, 5) is 0. The summed E-state index contributed by atoms with van der Waals surface area (Å²) >= 11 is 6.27. The van der Waals surface area contributed by atoms with Gasteiger partial charge >= 0.3 is 0 Å². The summed E-state index contributed by atoms with van der Waals surface area (Å²) in [6.45, 7) is 9.07. The molecule has 0 aromatic heterocycles. The lowest BCUT2D eigenvalue weighted by atomic mass is 9.66. The van der Waals surface area contributed by atoms with Gasteiger partial charge in [0, 0.05) is 11.1 Å². The van der Waals surface area contributed by atoms with Crippen molar-refractivity contribution in [1.29, 1.82) is 0 Å². The predicted molar refractivity (Wildman–Crippen MR) is 83.7 cm³/mol. The lowest BCUT2D eigenvalue weighted by molar-refractivity contribution is 0.154. The van der Waals surface area contributed by atoms with E-state index in [2.05, 4.69) is 39.0 Å². The van der Waals surface area contributed by atoms with E-state index < -0.39 is 0 Å². The second kappa shape index (κ2) is 5.46. The van der Waals surface area contributed by atoms with Crippen LogP contribution < -0.4 is 5.73 Å². The third kappa shape index (κ3) is 3.32. The molecule has 2 heteroatoms. The molecule has 106 valence electrons. The van der Waals surface area contributed by atoms with E-state index in [1.807, 2.05) is 6.92 Å². The zero-order valence-corrected chi connectivity index (χ0v) is 13.3. The quantitative estimate of drug-likeness (QED) is 0.777. The largest absolute Gasteiger partial charge is 0.327 e. The Hall–Kier alpha value is -0.530. The van der Waals surface area contributed by atoms with Crippen molar-refractivity contribution < 1.29 is 0 Å². The van der Waals surface area contributed by atoms with E-state index >= 15 is 0 Å². The lowest BCUT2D eigenvalue weighted by Gasteiger charge is -2.41. The Balaban J connectivity index is 2.23. The normalized spacial score (nSPS) is 28.4. The van der Waals surface area contributed by atoms with E-state index in [0.717, 1.165) is 22.9 Å². The third-order valence-electron chi connectivity index (χ3n) is 4.75. The van der Waals surface area contributed by atoms with E-state index in [4.69, 9.17) is 17.3 Å². The van der Waals surface area contributed by atoms with Crippen LogP contribution in [-0.2, 0) is 0 Å². The van der Waals surface area contributed by atoms with Crippen LogP contribution in [0.2, 0.25) is 5.02 Å². The molecule has 3 atom stereocenters. The van der Waals surface area contributed by atoms with Gasteiger partial charge in [0.25, 0.3) is 0 Å². The van der Waals surface area contributed by atoms with Crippen LogP contribution >= 0.6 is 11.6 Å². The van der Waals surface area contributed by atoms with Crippen LogP contribution in [0.3, 0.4) is 0 Å². The van der Waals surface area contributed by atoms with Crippen molar-refractivity contribution in [1.82, 2.24) is 0 Å². The number of nitrogens with two attached hydrogens (primary N) is 1. The van der Waals surface area contributed by atoms with Gasteiger partial charge in [-0.2, -0.15) is 0 Å². The first kappa shape index (κ1) is 14.9. The van der Waals surface area contributed by atoms with Gasteiger partial charge in [0.15, 0.2) is 0 Å². The summed E-state index contributed by atoms with van der Waals surface area (Å²) in [7, 11) is 0. The minimum atomic E-state index is 0.275. The van der Waals surface area contributed by atoms with Crippen LogP contribution in [-0.4, -0.2) is 6.04 Å². The number of hydrogen-bond donors (Lipinski definition) is 1. The maximum atomic E-state index is 6.36. The summed E-state index contributed by atoms with van der Waals surface area (Å²) in [6.07, 6.45) is 3.56. The minimum Gasteiger partial charge on any atom is -0.327 e. The molecule has 0 heterocycles. The highest BCUT2D eigenvalue weighted by Crippen LogP contribution is 2.43. The molecule has 1 aromatic rings. The van der Waals surface area contributed by atoms with Crippen LogP contribution in [0.5, 0.6) is 0 Å². The number of aryl methyl sites for hydroxylation is 1. The molecule has 0 spiro atoms. The van der Waals surface area contributed by atoms with E-state index in [9.17, 15) is 0 Å². The van der Waals surface area contributed by atoms with Crippen molar-refractivity contribution in [2.24, 2.45) is 17.1 Å². The number of hydrogen-bond acceptors (Lipinski definition) is 1. The standard InChI is InChI=1S/C17H26ClN/c1-11-5-6-12(9-15(11)18)14-10-13(17(2,3)4)7-8-16(14)19/h5-6,9,13-14,16H,7-8,10,19H2,1-4H3. The molecule has 3 unspecified atom stereocenters. The molecular weight excluding hydrogens is 254 g/mol. The van der Waals surface area contributed by atoms with Crippen molar-refractivity contribution in [3.8, 4) is 0 Å². The molecule has 1 aromatic carbocycles. The van der Waals surface area contributed by atoms with Gasteiger partial charge in [-0.25, -0.2) is 0 Å². The Bertz CT molecular complexity index is 447. The van der Waals surface area contributed by atoms with Crippen LogP contribution in [0.4, 0.5) is 0 Å². The van der Waals surface area contributed by atoms with Crippen molar-refractivity contribution in [2.75, 3.05) is 0 Å². The van der Waals surface area contributed by atoms with Crippen molar-refractivity contribution >= 4 is 11.6 Å². The first-order valence-corrected chi connectivity index (χ1v) is 7.68. The monoisotopic (exact) mass is 279 g/mol. The van der Waals surface area contributed by atoms with Crippen LogP contribution in [0.25, 0.3) is 0 Å². The second-order valence-electron chi connectivity index (χ2n) is 7.15. The van der Waals surface area contributed by atoms with E-state index in [0.29, 0.717) is 11.3 Å². The predicted octanol–water partition coefficient (Wildman–Crippen LogP) is 4.91. The Labute approximate surface area is 122 Å². The molecule has 1 aliphatic carbocycles. The fourth-order valence-electron chi connectivity index (χ4n) is 3.20. The molecule has 0 bridgehead atoms. The Morgan fingerprint density at radius 2 is 1.89 bits per heavy atom. The molecule has 1 nitrogen and oxygen atoms in total. The molecule has 2 N–H and O–H groups in total. The second-order valence-corrected chi connectivity index (χ2v) is 7.56. The number of rotatable bonds is 1. The van der Waals surface area contributed by atoms with Gasteiger partial charge in [-0.1, -0.05) is 44.5 Å². The van der Waals surface area contributed by atoms with Crippen LogP contribution in [0, 0.1) is 18.3 Å². The fraction of sp³-hybridized carbons (Fsp3) is 0.647. The third-order valence-corrected chi connectivity index (χ3v) is 5.16. The van der Waals surface area contributed by atoms with E-state index in [1.54, 1.807) is 0 Å². The summed E-state index contributed by atoms with van der Waals surface area (Å²) in [5.41, 5.74) is 9.19. The fourth-order valence-corrected chi connectivity index (χ4v) is 3.39. The van der Waals surface area contributed by atoms with Crippen molar-refractivity contribution in [3.05, 3.63) is 34.3 Å². The molecule has 2 rings (SSSR count). The van der Waals surface area contributed by atoms with Gasteiger partial charge in [0.05, 0.1) is 0 Å². The molecular formula is C17H26ClN. The topological polar surface area (TPSA) is 26.0 Å². The zero-order chi connectivity index (χ0) is 14.2. The highest BCUT2D eigenvalue weighted by Gasteiger charge is 2.35. The average Bonchev–Trinajstić information content (AvgIpc) is 2.32. The van der Waals surface area contributed by atoms with Gasteiger partial charge in [-0.05, 0) is 60.6 Å². The Kier molecular flexibility index (Phi) is 4.27. The van der Waals surface area contributed by atoms with Gasteiger partial charge < -0.3 is 5.73 Å². The first-order valence-electron chi connectivity index (χ1n) is 7.30. The minimum absolute atomic E-state index is 0.275. The zero-order valence-electron chi connectivity index (χ0n) is 12.5. The number of benzene rings is 1. The average molecular weight is 280 g/mol. The van der Waals surface area contributed by atoms with Crippen LogP contribution in [0.1, 0.15) is 57.1 Å². The molecule has 0 aliphatic heterocycles. The summed E-state index contributed by atoms with van der Waals surface area (Å²) in [6, 6.07) is 6.71.